The molecule has 48 valence electrons. The Morgan fingerprint density at radius 3 is 2.00 bits per heavy atom. The van der Waals surface area contributed by atoms with Crippen LogP contribution < -0.4 is 5.73 Å². The van der Waals surface area contributed by atoms with E-state index in [1.807, 2.05) is 0 Å². The lowest BCUT2D eigenvalue weighted by Crippen LogP contribution is -2.27. The molecule has 8 heavy (non-hydrogen) atoms. The minimum atomic E-state index is -1.27. The first-order valence-corrected chi connectivity index (χ1v) is 2.53. The maximum Gasteiger partial charge on any atom is 0.159 e. The van der Waals surface area contributed by atoms with Gasteiger partial charge in [0.25, 0.3) is 0 Å². The molecule has 1 atom stereocenters. The van der Waals surface area contributed by atoms with Crippen LogP contribution >= 0.6 is 0 Å². The minimum Gasteiger partial charge on any atom is -0.385 e. The summed E-state index contributed by atoms with van der Waals surface area (Å²) in [6.07, 6.45) is -1.27. The summed E-state index contributed by atoms with van der Waals surface area (Å²) in [5, 5.41) is 6.63. The molecular formula is C5H11FN2. The molecule has 0 saturated carbocycles. The van der Waals surface area contributed by atoms with Gasteiger partial charge in [-0.25, -0.2) is 4.39 Å². The summed E-state index contributed by atoms with van der Waals surface area (Å²) in [6, 6.07) is 0. The van der Waals surface area contributed by atoms with E-state index in [1.54, 1.807) is 13.8 Å². The van der Waals surface area contributed by atoms with Gasteiger partial charge >= 0.3 is 0 Å². The summed E-state index contributed by atoms with van der Waals surface area (Å²) >= 11 is 0. The smallest absolute Gasteiger partial charge is 0.159 e. The number of nitrogens with two attached hydrogens (primary N) is 1. The summed E-state index contributed by atoms with van der Waals surface area (Å²) in [6.45, 7) is 3.37. The summed E-state index contributed by atoms with van der Waals surface area (Å²) in [5.41, 5.74) is 4.85. The highest BCUT2D eigenvalue weighted by Crippen LogP contribution is 2.03. The van der Waals surface area contributed by atoms with Gasteiger partial charge in [-0.05, 0) is 5.92 Å². The molecule has 0 radical (unpaired) electrons. The second-order valence-corrected chi connectivity index (χ2v) is 2.10. The van der Waals surface area contributed by atoms with Crippen LogP contribution in [0.1, 0.15) is 13.8 Å². The van der Waals surface area contributed by atoms with Gasteiger partial charge in [0.2, 0.25) is 0 Å². The van der Waals surface area contributed by atoms with E-state index < -0.39 is 6.17 Å². The number of hydrogen-bond donors (Lipinski definition) is 2. The number of nitrogens with one attached hydrogen (secondary N) is 1. The predicted molar refractivity (Wildman–Crippen MR) is 31.6 cm³/mol. The van der Waals surface area contributed by atoms with Crippen molar-refractivity contribution in [2.24, 2.45) is 11.7 Å². The minimum absolute atomic E-state index is 0.174. The van der Waals surface area contributed by atoms with Crippen LogP contribution in [0.2, 0.25) is 0 Å². The molecule has 0 rings (SSSR count). The molecule has 0 aliphatic rings. The van der Waals surface area contributed by atoms with E-state index >= 15 is 0 Å². The molecule has 0 bridgehead atoms. The highest BCUT2D eigenvalue weighted by molar-refractivity contribution is 5.81. The zero-order chi connectivity index (χ0) is 6.73. The van der Waals surface area contributed by atoms with Gasteiger partial charge in [0, 0.05) is 0 Å². The first kappa shape index (κ1) is 7.40. The molecule has 0 amide bonds. The molecular weight excluding hydrogens is 107 g/mol. The normalized spacial score (nSPS) is 14.0. The van der Waals surface area contributed by atoms with E-state index in [1.165, 1.54) is 0 Å². The molecule has 0 heterocycles. The molecule has 0 aliphatic heterocycles. The Balaban J connectivity index is 3.64. The van der Waals surface area contributed by atoms with E-state index in [4.69, 9.17) is 11.1 Å². The van der Waals surface area contributed by atoms with Gasteiger partial charge in [-0.3, -0.25) is 5.41 Å². The maximum absolute atomic E-state index is 12.3. The fraction of sp³-hybridized carbons (Fsp3) is 0.800. The lowest BCUT2D eigenvalue weighted by Gasteiger charge is -2.07. The van der Waals surface area contributed by atoms with Crippen molar-refractivity contribution in [1.82, 2.24) is 0 Å². The van der Waals surface area contributed by atoms with Crippen LogP contribution in [-0.4, -0.2) is 12.0 Å². The number of amidine groups is 1. The summed E-state index contributed by atoms with van der Waals surface area (Å²) < 4.78 is 12.3. The van der Waals surface area contributed by atoms with Gasteiger partial charge in [-0.15, -0.1) is 0 Å². The third-order valence-corrected chi connectivity index (χ3v) is 0.882. The van der Waals surface area contributed by atoms with Crippen molar-refractivity contribution in [3.63, 3.8) is 0 Å². The SMILES string of the molecule is CC(C)[C@@H](F)C(=N)N. The number of halogens is 1. The number of hydrogen-bond acceptors (Lipinski definition) is 1. The third-order valence-electron chi connectivity index (χ3n) is 0.882. The zero-order valence-electron chi connectivity index (χ0n) is 5.11. The van der Waals surface area contributed by atoms with Crippen LogP contribution in [0.5, 0.6) is 0 Å². The van der Waals surface area contributed by atoms with Crippen LogP contribution in [0.15, 0.2) is 0 Å². The molecule has 0 aromatic heterocycles. The van der Waals surface area contributed by atoms with E-state index in [-0.39, 0.29) is 11.8 Å². The fourth-order valence-electron chi connectivity index (χ4n) is 0.359. The standard InChI is InChI=1S/C5H11FN2/c1-3(2)4(6)5(7)8/h3-4H,1-2H3,(H3,7,8)/t4-/m1/s1. The second-order valence-electron chi connectivity index (χ2n) is 2.10. The Hall–Kier alpha value is -0.600. The molecule has 3 N–H and O–H groups in total. The average molecular weight is 118 g/mol. The van der Waals surface area contributed by atoms with E-state index in [0.29, 0.717) is 0 Å². The van der Waals surface area contributed by atoms with Crippen LogP contribution in [0.25, 0.3) is 0 Å². The molecule has 0 spiro atoms. The molecule has 0 fully saturated rings. The zero-order valence-corrected chi connectivity index (χ0v) is 5.11. The highest BCUT2D eigenvalue weighted by Gasteiger charge is 2.13. The topological polar surface area (TPSA) is 49.9 Å². The van der Waals surface area contributed by atoms with Crippen molar-refractivity contribution in [1.29, 1.82) is 5.41 Å². The van der Waals surface area contributed by atoms with Gasteiger partial charge < -0.3 is 5.73 Å². The first-order chi connectivity index (χ1) is 3.55. The highest BCUT2D eigenvalue weighted by atomic mass is 19.1. The molecule has 0 saturated heterocycles. The number of alkyl halides is 1. The largest absolute Gasteiger partial charge is 0.385 e. The van der Waals surface area contributed by atoms with Crippen molar-refractivity contribution in [2.45, 2.75) is 20.0 Å². The average Bonchev–Trinajstić information content (AvgIpc) is 1.64. The van der Waals surface area contributed by atoms with Gasteiger partial charge in [0.05, 0.1) is 0 Å². The molecule has 0 aromatic rings. The predicted octanol–water partition coefficient (Wildman–Crippen LogP) is 0.916. The Morgan fingerprint density at radius 2 is 2.00 bits per heavy atom. The second kappa shape index (κ2) is 2.64. The van der Waals surface area contributed by atoms with Crippen molar-refractivity contribution in [3.05, 3.63) is 0 Å². The van der Waals surface area contributed by atoms with Crippen molar-refractivity contribution in [3.8, 4) is 0 Å². The van der Waals surface area contributed by atoms with E-state index in [9.17, 15) is 4.39 Å². The first-order valence-electron chi connectivity index (χ1n) is 2.53. The fourth-order valence-corrected chi connectivity index (χ4v) is 0.359. The van der Waals surface area contributed by atoms with Gasteiger partial charge in [0.15, 0.2) is 6.17 Å². The lowest BCUT2D eigenvalue weighted by atomic mass is 10.1. The van der Waals surface area contributed by atoms with Crippen molar-refractivity contribution < 1.29 is 4.39 Å². The van der Waals surface area contributed by atoms with Crippen LogP contribution in [-0.2, 0) is 0 Å². The summed E-state index contributed by atoms with van der Waals surface area (Å²) in [5.74, 6) is -0.549. The van der Waals surface area contributed by atoms with Gasteiger partial charge in [-0.2, -0.15) is 0 Å². The van der Waals surface area contributed by atoms with Crippen molar-refractivity contribution >= 4 is 5.84 Å². The molecule has 3 heteroatoms. The van der Waals surface area contributed by atoms with Crippen LogP contribution in [0.3, 0.4) is 0 Å². The van der Waals surface area contributed by atoms with Crippen molar-refractivity contribution in [2.75, 3.05) is 0 Å². The van der Waals surface area contributed by atoms with Gasteiger partial charge in [0.1, 0.15) is 5.84 Å². The van der Waals surface area contributed by atoms with Crippen LogP contribution in [0.4, 0.5) is 4.39 Å². The molecule has 0 aromatic carbocycles. The molecule has 0 aliphatic carbocycles. The molecule has 2 nitrogen and oxygen atoms in total. The van der Waals surface area contributed by atoms with Gasteiger partial charge in [-0.1, -0.05) is 13.8 Å². The quantitative estimate of drug-likeness (QED) is 0.411. The third kappa shape index (κ3) is 1.91. The summed E-state index contributed by atoms with van der Waals surface area (Å²) in [4.78, 5) is 0. The summed E-state index contributed by atoms with van der Waals surface area (Å²) in [7, 11) is 0. The Kier molecular flexibility index (Phi) is 2.45. The number of rotatable bonds is 2. The maximum atomic E-state index is 12.3. The monoisotopic (exact) mass is 118 g/mol. The Morgan fingerprint density at radius 1 is 1.62 bits per heavy atom. The van der Waals surface area contributed by atoms with E-state index in [2.05, 4.69) is 0 Å². The van der Waals surface area contributed by atoms with Crippen LogP contribution in [0, 0.1) is 11.3 Å². The molecule has 0 unspecified atom stereocenters. The lowest BCUT2D eigenvalue weighted by molar-refractivity contribution is 0.333. The van der Waals surface area contributed by atoms with E-state index in [0.717, 1.165) is 0 Å². The Labute approximate surface area is 48.4 Å². The Bertz CT molecular complexity index is 90.4.